The average molecular weight is 370 g/mol. The molecule has 2 aliphatic rings. The van der Waals surface area contributed by atoms with Crippen LogP contribution in [-0.2, 0) is 30.3 Å². The Morgan fingerprint density at radius 1 is 1.22 bits per heavy atom. The van der Waals surface area contributed by atoms with Crippen LogP contribution in [0.15, 0.2) is 17.2 Å². The number of nitrogens with one attached hydrogen (secondary N) is 1. The number of nitrogens with zero attached hydrogens (tertiary/aromatic N) is 4. The van der Waals surface area contributed by atoms with Crippen LogP contribution < -0.4 is 5.56 Å². The maximum atomic E-state index is 12.6. The lowest BCUT2D eigenvalue weighted by Crippen LogP contribution is -2.42. The van der Waals surface area contributed by atoms with E-state index in [1.165, 1.54) is 5.56 Å². The molecule has 1 aliphatic heterocycles. The van der Waals surface area contributed by atoms with Crippen molar-refractivity contribution in [2.45, 2.75) is 77.3 Å². The minimum atomic E-state index is -0.141. The predicted octanol–water partition coefficient (Wildman–Crippen LogP) is 2.76. The first kappa shape index (κ1) is 18.4. The van der Waals surface area contributed by atoms with Gasteiger partial charge >= 0.3 is 0 Å². The van der Waals surface area contributed by atoms with Crippen molar-refractivity contribution < 1.29 is 0 Å². The largest absolute Gasteiger partial charge is 0.310 e. The quantitative estimate of drug-likeness (QED) is 0.903. The molecule has 6 nitrogen and oxygen atoms in total. The van der Waals surface area contributed by atoms with E-state index in [0.29, 0.717) is 0 Å². The van der Waals surface area contributed by atoms with Gasteiger partial charge in [0.15, 0.2) is 0 Å². The molecule has 0 unspecified atom stereocenters. The summed E-state index contributed by atoms with van der Waals surface area (Å²) in [7, 11) is 0. The molecule has 0 aromatic carbocycles. The van der Waals surface area contributed by atoms with Crippen molar-refractivity contribution in [3.63, 3.8) is 0 Å². The fourth-order valence-electron chi connectivity index (χ4n) is 4.55. The average Bonchev–Trinajstić information content (AvgIpc) is 3.22. The number of aromatic amines is 1. The third kappa shape index (κ3) is 3.35. The van der Waals surface area contributed by atoms with Gasteiger partial charge in [0.1, 0.15) is 5.82 Å². The van der Waals surface area contributed by atoms with Gasteiger partial charge in [0.05, 0.1) is 11.9 Å². The molecular weight excluding hydrogens is 338 g/mol. The van der Waals surface area contributed by atoms with Gasteiger partial charge in [-0.15, -0.1) is 0 Å². The summed E-state index contributed by atoms with van der Waals surface area (Å²) < 4.78 is 1.98. The Balaban J connectivity index is 1.53. The van der Waals surface area contributed by atoms with Crippen molar-refractivity contribution in [3.05, 3.63) is 45.4 Å². The SMILES string of the molecule is CCn1cc(CN2CCC3(CCc4c3nc(C(C)(C)C)[nH]c4=O)CC2)cn1. The molecule has 6 heteroatoms. The van der Waals surface area contributed by atoms with E-state index in [9.17, 15) is 4.79 Å². The van der Waals surface area contributed by atoms with Gasteiger partial charge in [0.2, 0.25) is 0 Å². The molecule has 0 amide bonds. The fraction of sp³-hybridized carbons (Fsp3) is 0.667. The summed E-state index contributed by atoms with van der Waals surface area (Å²) in [6.07, 6.45) is 8.23. The van der Waals surface area contributed by atoms with Gasteiger partial charge in [-0.05, 0) is 45.7 Å². The second-order valence-corrected chi connectivity index (χ2v) is 9.25. The van der Waals surface area contributed by atoms with Gasteiger partial charge in [0, 0.05) is 41.2 Å². The Labute approximate surface area is 161 Å². The molecule has 0 radical (unpaired) electrons. The molecule has 3 heterocycles. The molecule has 146 valence electrons. The number of hydrogen-bond donors (Lipinski definition) is 1. The van der Waals surface area contributed by atoms with Crippen LogP contribution in [0.4, 0.5) is 0 Å². The fourth-order valence-corrected chi connectivity index (χ4v) is 4.55. The molecule has 27 heavy (non-hydrogen) atoms. The van der Waals surface area contributed by atoms with Gasteiger partial charge in [0.25, 0.3) is 5.56 Å². The van der Waals surface area contributed by atoms with Crippen molar-refractivity contribution >= 4 is 0 Å². The number of rotatable bonds is 3. The van der Waals surface area contributed by atoms with E-state index in [1.807, 2.05) is 10.9 Å². The molecule has 0 atom stereocenters. The maximum Gasteiger partial charge on any atom is 0.254 e. The number of aromatic nitrogens is 4. The smallest absolute Gasteiger partial charge is 0.254 e. The zero-order chi connectivity index (χ0) is 19.2. The number of piperidine rings is 1. The highest BCUT2D eigenvalue weighted by atomic mass is 16.1. The van der Waals surface area contributed by atoms with Crippen LogP contribution in [0.25, 0.3) is 0 Å². The second kappa shape index (κ2) is 6.59. The number of fused-ring (bicyclic) bond motifs is 2. The van der Waals surface area contributed by atoms with Crippen LogP contribution in [0.3, 0.4) is 0 Å². The molecule has 1 fully saturated rings. The summed E-state index contributed by atoms with van der Waals surface area (Å²) >= 11 is 0. The van der Waals surface area contributed by atoms with Gasteiger partial charge in [-0.1, -0.05) is 20.8 Å². The standard InChI is InChI=1S/C21H31N5O/c1-5-26-14-15(12-22-26)13-25-10-8-21(9-11-25)7-6-16-17(21)23-19(20(2,3)4)24-18(16)27/h12,14H,5-11,13H2,1-4H3,(H,23,24,27). The van der Waals surface area contributed by atoms with E-state index in [-0.39, 0.29) is 16.4 Å². The summed E-state index contributed by atoms with van der Waals surface area (Å²) in [6.45, 7) is 12.4. The van der Waals surface area contributed by atoms with Gasteiger partial charge in [-0.25, -0.2) is 4.98 Å². The van der Waals surface area contributed by atoms with Crippen LogP contribution in [0.2, 0.25) is 0 Å². The maximum absolute atomic E-state index is 12.6. The topological polar surface area (TPSA) is 66.8 Å². The third-order valence-electron chi connectivity index (χ3n) is 6.31. The van der Waals surface area contributed by atoms with Crippen LogP contribution in [0.1, 0.15) is 69.6 Å². The minimum Gasteiger partial charge on any atom is -0.310 e. The normalized spacial score (nSPS) is 19.6. The summed E-state index contributed by atoms with van der Waals surface area (Å²) in [5, 5.41) is 4.39. The molecule has 1 N–H and O–H groups in total. The highest BCUT2D eigenvalue weighted by Crippen LogP contribution is 2.44. The second-order valence-electron chi connectivity index (χ2n) is 9.25. The summed E-state index contributed by atoms with van der Waals surface area (Å²) in [6, 6.07) is 0. The zero-order valence-electron chi connectivity index (χ0n) is 17.0. The van der Waals surface area contributed by atoms with Crippen molar-refractivity contribution in [1.82, 2.24) is 24.6 Å². The monoisotopic (exact) mass is 369 g/mol. The van der Waals surface area contributed by atoms with E-state index in [4.69, 9.17) is 4.98 Å². The summed E-state index contributed by atoms with van der Waals surface area (Å²) in [4.78, 5) is 23.2. The Morgan fingerprint density at radius 3 is 2.59 bits per heavy atom. The zero-order valence-corrected chi connectivity index (χ0v) is 17.0. The summed E-state index contributed by atoms with van der Waals surface area (Å²) in [5.74, 6) is 0.821. The lowest BCUT2D eigenvalue weighted by atomic mass is 9.76. The van der Waals surface area contributed by atoms with Crippen molar-refractivity contribution in [1.29, 1.82) is 0 Å². The van der Waals surface area contributed by atoms with Crippen molar-refractivity contribution in [2.24, 2.45) is 0 Å². The molecule has 0 bridgehead atoms. The highest BCUT2D eigenvalue weighted by molar-refractivity contribution is 5.34. The first-order chi connectivity index (χ1) is 12.8. The lowest BCUT2D eigenvalue weighted by molar-refractivity contribution is 0.149. The van der Waals surface area contributed by atoms with Gasteiger partial charge in [-0.3, -0.25) is 14.4 Å². The molecule has 1 aliphatic carbocycles. The number of likely N-dealkylation sites (tertiary alicyclic amines) is 1. The Kier molecular flexibility index (Phi) is 4.49. The Morgan fingerprint density at radius 2 is 1.96 bits per heavy atom. The van der Waals surface area contributed by atoms with Crippen molar-refractivity contribution in [3.8, 4) is 0 Å². The van der Waals surface area contributed by atoms with Crippen LogP contribution in [0.5, 0.6) is 0 Å². The predicted molar refractivity (Wildman–Crippen MR) is 106 cm³/mol. The molecule has 1 saturated heterocycles. The number of hydrogen-bond acceptors (Lipinski definition) is 4. The van der Waals surface area contributed by atoms with E-state index in [1.54, 1.807) is 0 Å². The number of H-pyrrole nitrogens is 1. The van der Waals surface area contributed by atoms with Gasteiger partial charge in [-0.2, -0.15) is 5.10 Å². The molecule has 0 saturated carbocycles. The first-order valence-corrected chi connectivity index (χ1v) is 10.2. The summed E-state index contributed by atoms with van der Waals surface area (Å²) in [5.41, 5.74) is 3.34. The van der Waals surface area contributed by atoms with E-state index in [2.05, 4.69) is 48.9 Å². The first-order valence-electron chi connectivity index (χ1n) is 10.2. The van der Waals surface area contributed by atoms with Crippen LogP contribution in [-0.4, -0.2) is 37.7 Å². The Hall–Kier alpha value is -1.95. The molecule has 4 rings (SSSR count). The van der Waals surface area contributed by atoms with Crippen LogP contribution in [0, 0.1) is 0 Å². The Bertz CT molecular complexity index is 881. The van der Waals surface area contributed by atoms with E-state index >= 15 is 0 Å². The number of aryl methyl sites for hydroxylation is 1. The minimum absolute atomic E-state index is 0.0798. The molecular formula is C21H31N5O. The van der Waals surface area contributed by atoms with Crippen LogP contribution >= 0.6 is 0 Å². The molecule has 1 spiro atoms. The van der Waals surface area contributed by atoms with Gasteiger partial charge < -0.3 is 4.98 Å². The van der Waals surface area contributed by atoms with E-state index in [0.717, 1.165) is 68.9 Å². The van der Waals surface area contributed by atoms with Crippen molar-refractivity contribution in [2.75, 3.05) is 13.1 Å². The van der Waals surface area contributed by atoms with E-state index < -0.39 is 0 Å². The third-order valence-corrected chi connectivity index (χ3v) is 6.31. The lowest BCUT2D eigenvalue weighted by Gasteiger charge is -2.39. The molecule has 2 aromatic heterocycles. The highest BCUT2D eigenvalue weighted by Gasteiger charge is 2.44. The molecule has 2 aromatic rings.